The maximum atomic E-state index is 8.74. The molecular weight excluding hydrogens is 505 g/mol. The second-order valence-corrected chi connectivity index (χ2v) is 5.09. The predicted octanol–water partition coefficient (Wildman–Crippen LogP) is -11.5. The summed E-state index contributed by atoms with van der Waals surface area (Å²) < 4.78 is 52.4. The van der Waals surface area contributed by atoms with Gasteiger partial charge >= 0.3 is 101 Å². The van der Waals surface area contributed by atoms with E-state index in [4.69, 9.17) is 84.3 Å². The zero-order valence-electron chi connectivity index (χ0n) is 10.8. The Labute approximate surface area is 184 Å². The molecule has 152 valence electrons. The van der Waals surface area contributed by atoms with Gasteiger partial charge in [0.25, 0.3) is 0 Å². The highest BCUT2D eigenvalue weighted by molar-refractivity contribution is 6.23. The van der Waals surface area contributed by atoms with Gasteiger partial charge in [-0.3, -0.25) is 26.8 Å². The lowest BCUT2D eigenvalue weighted by atomic mass is 15.8. The number of rotatable bonds is 0. The van der Waals surface area contributed by atoms with E-state index in [-0.39, 0.29) is 46.1 Å². The van der Waals surface area contributed by atoms with E-state index in [2.05, 4.69) is 0 Å². The van der Waals surface area contributed by atoms with Crippen LogP contribution in [0.15, 0.2) is 0 Å². The van der Waals surface area contributed by atoms with E-state index < -0.39 is 55.0 Å². The highest BCUT2D eigenvalue weighted by atomic mass is 28.3. The Morgan fingerprint density at radius 2 is 0.269 bits per heavy atom. The van der Waals surface area contributed by atoms with E-state index >= 15 is 0 Å². The number of hydrogen-bond acceptors (Lipinski definition) is 6. The average molecular weight is 521 g/mol. The summed E-state index contributed by atoms with van der Waals surface area (Å²) in [4.78, 5) is 85.9. The Hall–Kier alpha value is -0.766. The van der Waals surface area contributed by atoms with E-state index in [1.54, 1.807) is 0 Å². The fraction of sp³-hybridized carbons (Fsp3) is 0. The van der Waals surface area contributed by atoms with Crippen molar-refractivity contribution < 1.29 is 84.3 Å². The van der Waals surface area contributed by atoms with Gasteiger partial charge in [0.1, 0.15) is 0 Å². The van der Waals surface area contributed by atoms with Crippen LogP contribution in [0.3, 0.4) is 0 Å². The summed E-state index contributed by atoms with van der Waals surface area (Å²) in [5.74, 6) is 0. The van der Waals surface area contributed by atoms with Gasteiger partial charge in [-0.1, -0.05) is 0 Å². The van der Waals surface area contributed by atoms with E-state index in [0.717, 1.165) is 0 Å². The topological polar surface area (TPSA) is 345 Å². The Bertz CT molecular complexity index is 261. The first kappa shape index (κ1) is 49.9. The molecule has 0 aliphatic rings. The van der Waals surface area contributed by atoms with Crippen LogP contribution in [0.5, 0.6) is 0 Å². The van der Waals surface area contributed by atoms with Crippen LogP contribution in [0, 0.1) is 0 Å². The molecule has 12 N–H and O–H groups in total. The van der Waals surface area contributed by atoms with E-state index in [0.29, 0.717) is 0 Å². The molecule has 0 radical (unpaired) electrons. The standard InChI is InChI=1S/2Mg.6H2O3Si.4H/c;;6*1-4(2)3;;;;/h;;6*1-2H;;;;. The SMILES string of the molecule is O=[Si](O)O.O=[Si](O)O.O=[Si](O)O.O=[Si](O)O.O=[Si](O)O.O=[Si](O)O.[MgH2].[MgH2]. The Morgan fingerprint density at radius 1 is 0.269 bits per heavy atom. The van der Waals surface area contributed by atoms with Crippen LogP contribution in [0.1, 0.15) is 0 Å². The number of hydrogen-bond donors (Lipinski definition) is 12. The lowest BCUT2D eigenvalue weighted by Gasteiger charge is -1.55. The molecule has 0 aliphatic heterocycles. The molecule has 0 heterocycles. The van der Waals surface area contributed by atoms with Crippen LogP contribution in [0.2, 0.25) is 0 Å². The van der Waals surface area contributed by atoms with Crippen molar-refractivity contribution in [2.75, 3.05) is 0 Å². The van der Waals surface area contributed by atoms with Crippen LogP contribution in [0.25, 0.3) is 0 Å². The molecule has 0 aromatic heterocycles. The molecule has 18 nitrogen and oxygen atoms in total. The van der Waals surface area contributed by atoms with Gasteiger partial charge in [-0.15, -0.1) is 0 Å². The first-order valence-corrected chi connectivity index (χ1v) is 11.7. The van der Waals surface area contributed by atoms with Crippen molar-refractivity contribution in [1.29, 1.82) is 0 Å². The Balaban J connectivity index is -0.0000000245. The minimum atomic E-state index is -3.13. The second-order valence-electron chi connectivity index (χ2n) is 1.70. The third-order valence-corrected chi connectivity index (χ3v) is 0. The van der Waals surface area contributed by atoms with E-state index in [1.165, 1.54) is 0 Å². The zero-order chi connectivity index (χ0) is 21.5. The molecule has 0 fully saturated rings. The van der Waals surface area contributed by atoms with Crippen molar-refractivity contribution in [2.24, 2.45) is 0 Å². The van der Waals surface area contributed by atoms with Gasteiger partial charge in [0.15, 0.2) is 0 Å². The maximum absolute atomic E-state index is 8.74. The van der Waals surface area contributed by atoms with Crippen LogP contribution in [-0.4, -0.2) is 159 Å². The molecule has 0 unspecified atom stereocenters. The summed E-state index contributed by atoms with van der Waals surface area (Å²) in [5.41, 5.74) is 0. The minimum Gasteiger partial charge on any atom is -0.511 e. The Morgan fingerprint density at radius 3 is 0.269 bits per heavy atom. The average Bonchev–Trinajstić information content (AvgIpc) is 2.08. The van der Waals surface area contributed by atoms with Crippen molar-refractivity contribution in [2.45, 2.75) is 0 Å². The highest BCUT2D eigenvalue weighted by Gasteiger charge is 1.86. The van der Waals surface area contributed by atoms with Crippen molar-refractivity contribution >= 4 is 101 Å². The van der Waals surface area contributed by atoms with Crippen molar-refractivity contribution in [3.63, 3.8) is 0 Å². The van der Waals surface area contributed by atoms with Crippen LogP contribution < -0.4 is 0 Å². The van der Waals surface area contributed by atoms with Crippen LogP contribution >= 0.6 is 0 Å². The Kier molecular flexibility index (Phi) is 84.5. The third-order valence-electron chi connectivity index (χ3n) is 0. The van der Waals surface area contributed by atoms with Crippen molar-refractivity contribution in [3.8, 4) is 0 Å². The van der Waals surface area contributed by atoms with Gasteiger partial charge in [-0.25, -0.2) is 0 Å². The molecule has 0 saturated carbocycles. The van der Waals surface area contributed by atoms with Gasteiger partial charge < -0.3 is 57.5 Å². The fourth-order valence-corrected chi connectivity index (χ4v) is 0. The molecule has 0 aliphatic carbocycles. The molecule has 0 rings (SSSR count). The monoisotopic (exact) mass is 520 g/mol. The molecule has 26 heavy (non-hydrogen) atoms. The smallest absolute Gasteiger partial charge is 0.511 e. The normalized spacial score (nSPS) is 5.54. The fourth-order valence-electron chi connectivity index (χ4n) is 0. The molecule has 0 aromatic carbocycles. The van der Waals surface area contributed by atoms with Crippen molar-refractivity contribution in [1.82, 2.24) is 0 Å². The second kappa shape index (κ2) is 44.0. The predicted molar refractivity (Wildman–Crippen MR) is 82.4 cm³/mol. The van der Waals surface area contributed by atoms with E-state index in [1.807, 2.05) is 0 Å². The van der Waals surface area contributed by atoms with Crippen molar-refractivity contribution in [3.05, 3.63) is 0 Å². The molecule has 0 atom stereocenters. The summed E-state index contributed by atoms with van der Waals surface area (Å²) in [7, 11) is -18.8. The molecule has 0 bridgehead atoms. The maximum Gasteiger partial charge on any atom is 0.761 e. The highest BCUT2D eigenvalue weighted by Crippen LogP contribution is 1.29. The lowest BCUT2D eigenvalue weighted by molar-refractivity contribution is 0.328. The summed E-state index contributed by atoms with van der Waals surface area (Å²) in [6.07, 6.45) is 0. The molecule has 0 saturated heterocycles. The van der Waals surface area contributed by atoms with Gasteiger partial charge in [-0.05, 0) is 0 Å². The van der Waals surface area contributed by atoms with Gasteiger partial charge in [0.2, 0.25) is 0 Å². The molecular formula is H16Mg2O18Si6. The van der Waals surface area contributed by atoms with Crippen LogP contribution in [0.4, 0.5) is 0 Å². The summed E-state index contributed by atoms with van der Waals surface area (Å²) >= 11 is 0. The molecule has 0 aromatic rings. The third kappa shape index (κ3) is 19600. The summed E-state index contributed by atoms with van der Waals surface area (Å²) in [5, 5.41) is 0. The zero-order valence-corrected chi connectivity index (χ0v) is 16.8. The van der Waals surface area contributed by atoms with E-state index in [9.17, 15) is 0 Å². The summed E-state index contributed by atoms with van der Waals surface area (Å²) in [6, 6.07) is 0. The first-order valence-electron chi connectivity index (χ1n) is 3.91. The quantitative estimate of drug-likeness (QED) is 0.132. The van der Waals surface area contributed by atoms with Gasteiger partial charge in [0, 0.05) is 0 Å². The van der Waals surface area contributed by atoms with Gasteiger partial charge in [-0.2, -0.15) is 0 Å². The minimum absolute atomic E-state index is 0. The molecule has 0 spiro atoms. The largest absolute Gasteiger partial charge is 0.761 e. The summed E-state index contributed by atoms with van der Waals surface area (Å²) in [6.45, 7) is 0. The molecule has 0 amide bonds. The first-order chi connectivity index (χ1) is 10.4. The lowest BCUT2D eigenvalue weighted by Crippen LogP contribution is -1.90. The molecule has 26 heteroatoms. The van der Waals surface area contributed by atoms with Crippen LogP contribution in [-0.2, 0) is 26.8 Å². The van der Waals surface area contributed by atoms with Gasteiger partial charge in [0.05, 0.1) is 0 Å².